The highest BCUT2D eigenvalue weighted by molar-refractivity contribution is 7.74. The molecule has 0 aliphatic rings. The first-order chi connectivity index (χ1) is 13.4. The summed E-state index contributed by atoms with van der Waals surface area (Å²) in [5, 5.41) is 10.0. The fourth-order valence-electron chi connectivity index (χ4n) is 2.80. The number of nitrogens with zero attached hydrogens (tertiary/aromatic N) is 1. The maximum absolute atomic E-state index is 13.7. The summed E-state index contributed by atoms with van der Waals surface area (Å²) in [6.07, 6.45) is 0. The third-order valence-corrected chi connectivity index (χ3v) is 6.90. The van der Waals surface area contributed by atoms with E-state index >= 15 is 0 Å². The first-order valence-electron chi connectivity index (χ1n) is 8.35. The summed E-state index contributed by atoms with van der Waals surface area (Å²) in [6, 6.07) is 16.5. The van der Waals surface area contributed by atoms with Gasteiger partial charge in [0.1, 0.15) is 16.9 Å². The van der Waals surface area contributed by atoms with Crippen LogP contribution in [0.5, 0.6) is 0 Å². The molecule has 3 aromatic rings. The van der Waals surface area contributed by atoms with Crippen LogP contribution in [-0.4, -0.2) is 6.61 Å². The maximum Gasteiger partial charge on any atom is 0.270 e. The molecule has 8 heteroatoms. The van der Waals surface area contributed by atoms with Crippen LogP contribution in [-0.2, 0) is 9.09 Å². The van der Waals surface area contributed by atoms with E-state index in [0.717, 1.165) is 0 Å². The van der Waals surface area contributed by atoms with Crippen LogP contribution in [0, 0.1) is 11.3 Å². The number of rotatable bonds is 5. The van der Waals surface area contributed by atoms with Crippen LogP contribution in [0.4, 0.5) is 5.88 Å². The Hall–Kier alpha value is -2.84. The molecule has 6 nitrogen and oxygen atoms in total. The van der Waals surface area contributed by atoms with Crippen molar-refractivity contribution in [1.29, 1.82) is 5.26 Å². The lowest BCUT2D eigenvalue weighted by molar-refractivity contribution is 0.347. The highest BCUT2D eigenvalue weighted by atomic mass is 35.5. The second-order valence-corrected chi connectivity index (χ2v) is 8.53. The third-order valence-electron chi connectivity index (χ3n) is 4.03. The van der Waals surface area contributed by atoms with Crippen LogP contribution < -0.4 is 21.8 Å². The zero-order valence-electron chi connectivity index (χ0n) is 14.9. The summed E-state index contributed by atoms with van der Waals surface area (Å²) in [6.45, 7) is 1.73. The van der Waals surface area contributed by atoms with E-state index < -0.39 is 12.8 Å². The molecule has 0 aliphatic carbocycles. The Balaban J connectivity index is 2.31. The number of nitrogen functional groups attached to an aromatic ring is 1. The number of anilines is 1. The summed E-state index contributed by atoms with van der Waals surface area (Å²) in [5.41, 5.74) is 5.37. The summed E-state index contributed by atoms with van der Waals surface area (Å²) >= 11 is 5.89. The van der Waals surface area contributed by atoms with Gasteiger partial charge in [-0.1, -0.05) is 29.8 Å². The van der Waals surface area contributed by atoms with Gasteiger partial charge in [-0.2, -0.15) is 5.26 Å². The van der Waals surface area contributed by atoms with Gasteiger partial charge in [0, 0.05) is 15.9 Å². The Morgan fingerprint density at radius 2 is 1.82 bits per heavy atom. The van der Waals surface area contributed by atoms with Gasteiger partial charge in [-0.25, -0.2) is 0 Å². The minimum Gasteiger partial charge on any atom is -0.438 e. The topological polar surface area (TPSA) is 106 Å². The van der Waals surface area contributed by atoms with Gasteiger partial charge in [-0.05, 0) is 43.3 Å². The summed E-state index contributed by atoms with van der Waals surface area (Å²) in [7, 11) is -3.86. The Bertz CT molecular complexity index is 1150. The van der Waals surface area contributed by atoms with Crippen LogP contribution in [0.1, 0.15) is 12.5 Å². The largest absolute Gasteiger partial charge is 0.438 e. The van der Waals surface area contributed by atoms with Crippen molar-refractivity contribution in [2.75, 3.05) is 12.3 Å². The summed E-state index contributed by atoms with van der Waals surface area (Å²) in [4.78, 5) is 13.1. The van der Waals surface area contributed by atoms with Crippen LogP contribution >= 0.6 is 19.0 Å². The predicted octanol–water partition coefficient (Wildman–Crippen LogP) is 3.68. The smallest absolute Gasteiger partial charge is 0.270 e. The number of halogens is 1. The van der Waals surface area contributed by atoms with E-state index in [1.165, 1.54) is 0 Å². The van der Waals surface area contributed by atoms with Crippen LogP contribution in [0.3, 0.4) is 0 Å². The average molecular weight is 415 g/mol. The van der Waals surface area contributed by atoms with Crippen molar-refractivity contribution in [2.45, 2.75) is 6.92 Å². The molecule has 1 atom stereocenters. The second-order valence-electron chi connectivity index (χ2n) is 5.77. The Morgan fingerprint density at radius 3 is 2.39 bits per heavy atom. The van der Waals surface area contributed by atoms with Crippen LogP contribution in [0.25, 0.3) is 11.3 Å². The molecule has 28 heavy (non-hydrogen) atoms. The van der Waals surface area contributed by atoms with E-state index in [1.54, 1.807) is 61.5 Å². The molecule has 1 heterocycles. The number of hydrogen-bond donors (Lipinski definition) is 1. The first-order valence-corrected chi connectivity index (χ1v) is 10.4. The standard InChI is InChI=1S/C20H16ClN2O4P/c1-2-26-28(25,15-6-4-3-5-7-15)19-17(24)16(12-22)18(27-20(19)23)13-8-10-14(21)11-9-13/h3-11H,2,23H2,1H3. The summed E-state index contributed by atoms with van der Waals surface area (Å²) < 4.78 is 24.9. The molecule has 1 aromatic heterocycles. The lowest BCUT2D eigenvalue weighted by Crippen LogP contribution is -2.34. The quantitative estimate of drug-likeness (QED) is 0.638. The molecular weight excluding hydrogens is 399 g/mol. The van der Waals surface area contributed by atoms with E-state index in [0.29, 0.717) is 15.9 Å². The van der Waals surface area contributed by atoms with Gasteiger partial charge in [0.2, 0.25) is 11.3 Å². The van der Waals surface area contributed by atoms with Gasteiger partial charge in [0.15, 0.2) is 5.76 Å². The molecule has 0 saturated heterocycles. The molecule has 0 fully saturated rings. The zero-order chi connectivity index (χ0) is 20.3. The first kappa shape index (κ1) is 19.9. The van der Waals surface area contributed by atoms with Crippen molar-refractivity contribution in [1.82, 2.24) is 0 Å². The van der Waals surface area contributed by atoms with E-state index in [9.17, 15) is 14.6 Å². The fourth-order valence-corrected chi connectivity index (χ4v) is 5.11. The SMILES string of the molecule is CCOP(=O)(c1ccccc1)c1c(N)oc(-c2ccc(Cl)cc2)c(C#N)c1=O. The van der Waals surface area contributed by atoms with Crippen molar-refractivity contribution >= 4 is 35.5 Å². The van der Waals surface area contributed by atoms with Gasteiger partial charge in [0.25, 0.3) is 7.37 Å². The summed E-state index contributed by atoms with van der Waals surface area (Å²) in [5.74, 6) is -0.365. The van der Waals surface area contributed by atoms with Gasteiger partial charge in [-0.15, -0.1) is 0 Å². The number of nitriles is 1. The normalized spacial score (nSPS) is 12.9. The minimum atomic E-state index is -3.86. The Kier molecular flexibility index (Phi) is 5.71. The highest BCUT2D eigenvalue weighted by Gasteiger charge is 2.36. The molecule has 142 valence electrons. The average Bonchev–Trinajstić information content (AvgIpc) is 2.69. The van der Waals surface area contributed by atoms with Gasteiger partial charge in [-0.3, -0.25) is 9.36 Å². The minimum absolute atomic E-state index is 0.0125. The monoisotopic (exact) mass is 414 g/mol. The molecule has 2 aromatic carbocycles. The van der Waals surface area contributed by atoms with Crippen molar-refractivity contribution in [2.24, 2.45) is 0 Å². The molecule has 0 spiro atoms. The van der Waals surface area contributed by atoms with Crippen molar-refractivity contribution in [3.05, 3.63) is 75.4 Å². The number of nitrogens with two attached hydrogens (primary N) is 1. The molecular formula is C20H16ClN2O4P. The molecule has 2 N–H and O–H groups in total. The number of benzene rings is 2. The van der Waals surface area contributed by atoms with Crippen molar-refractivity contribution in [3.8, 4) is 17.4 Å². The zero-order valence-corrected chi connectivity index (χ0v) is 16.5. The van der Waals surface area contributed by atoms with Crippen molar-refractivity contribution < 1.29 is 13.5 Å². The lowest BCUT2D eigenvalue weighted by Gasteiger charge is -2.19. The Labute approximate surface area is 166 Å². The molecule has 0 bridgehead atoms. The predicted molar refractivity (Wildman–Crippen MR) is 109 cm³/mol. The lowest BCUT2D eigenvalue weighted by atomic mass is 10.1. The van der Waals surface area contributed by atoms with E-state index in [2.05, 4.69) is 0 Å². The van der Waals surface area contributed by atoms with E-state index in [-0.39, 0.29) is 29.1 Å². The molecule has 0 radical (unpaired) electrons. The Morgan fingerprint density at radius 1 is 1.18 bits per heavy atom. The van der Waals surface area contributed by atoms with Crippen LogP contribution in [0.15, 0.2) is 63.8 Å². The van der Waals surface area contributed by atoms with Gasteiger partial charge >= 0.3 is 0 Å². The third kappa shape index (κ3) is 3.48. The molecule has 0 saturated carbocycles. The molecule has 0 aliphatic heterocycles. The van der Waals surface area contributed by atoms with E-state index in [4.69, 9.17) is 26.3 Å². The maximum atomic E-state index is 13.7. The van der Waals surface area contributed by atoms with E-state index in [1.807, 2.05) is 6.07 Å². The molecule has 3 rings (SSSR count). The highest BCUT2D eigenvalue weighted by Crippen LogP contribution is 2.45. The fraction of sp³-hybridized carbons (Fsp3) is 0.100. The number of hydrogen-bond acceptors (Lipinski definition) is 6. The van der Waals surface area contributed by atoms with Gasteiger partial charge in [0.05, 0.1) is 6.61 Å². The molecule has 0 amide bonds. The van der Waals surface area contributed by atoms with Crippen molar-refractivity contribution in [3.63, 3.8) is 0 Å². The van der Waals surface area contributed by atoms with Crippen LogP contribution in [0.2, 0.25) is 5.02 Å². The second kappa shape index (κ2) is 8.04. The van der Waals surface area contributed by atoms with Gasteiger partial charge < -0.3 is 14.7 Å². The molecule has 1 unspecified atom stereocenters.